The topological polar surface area (TPSA) is 65.2 Å². The predicted molar refractivity (Wildman–Crippen MR) is 52.1 cm³/mol. The van der Waals surface area contributed by atoms with E-state index in [1.165, 1.54) is 0 Å². The fourth-order valence-electron chi connectivity index (χ4n) is 1.16. The Labute approximate surface area is 85.7 Å². The zero-order valence-corrected chi connectivity index (χ0v) is 7.93. The highest BCUT2D eigenvalue weighted by Gasteiger charge is 2.22. The van der Waals surface area contributed by atoms with Crippen molar-refractivity contribution in [3.05, 3.63) is 34.9 Å². The zero-order chi connectivity index (χ0) is 9.97. The second kappa shape index (κ2) is 4.04. The van der Waals surface area contributed by atoms with Crippen LogP contribution in [-0.4, -0.2) is 11.9 Å². The molecule has 1 fully saturated rings. The molecule has 1 aromatic carbocycles. The summed E-state index contributed by atoms with van der Waals surface area (Å²) in [6.45, 7) is 0. The maximum Gasteiger partial charge on any atom is 0.196 e. The standard InChI is InChI=1S/C8H9ClN4O/c9-6-3-1-5(2-4-6)7(14)8-10-12-13-11-8/h1-4,8,10-13H. The number of Topliss-reactive ketones (excluding diaryl/α,β-unsaturated/α-hetero) is 1. The highest BCUT2D eigenvalue weighted by Crippen LogP contribution is 2.10. The van der Waals surface area contributed by atoms with Gasteiger partial charge in [0.1, 0.15) is 6.17 Å². The lowest BCUT2D eigenvalue weighted by Gasteiger charge is -2.07. The van der Waals surface area contributed by atoms with Gasteiger partial charge in [-0.15, -0.1) is 0 Å². The van der Waals surface area contributed by atoms with E-state index in [1.54, 1.807) is 24.3 Å². The Morgan fingerprint density at radius 3 is 2.29 bits per heavy atom. The first-order valence-electron chi connectivity index (χ1n) is 4.08. The molecule has 0 unspecified atom stereocenters. The minimum absolute atomic E-state index is 0.0563. The minimum atomic E-state index is -0.462. The molecule has 0 spiro atoms. The average molecular weight is 213 g/mol. The summed E-state index contributed by atoms with van der Waals surface area (Å²) >= 11 is 5.71. The summed E-state index contributed by atoms with van der Waals surface area (Å²) in [7, 11) is 0. The van der Waals surface area contributed by atoms with Gasteiger partial charge in [0.2, 0.25) is 0 Å². The zero-order valence-electron chi connectivity index (χ0n) is 7.17. The van der Waals surface area contributed by atoms with Gasteiger partial charge >= 0.3 is 0 Å². The number of halogens is 1. The van der Waals surface area contributed by atoms with E-state index in [9.17, 15) is 4.79 Å². The van der Waals surface area contributed by atoms with Crippen LogP contribution in [0.2, 0.25) is 5.02 Å². The second-order valence-electron chi connectivity index (χ2n) is 2.84. The first-order valence-corrected chi connectivity index (χ1v) is 4.46. The number of carbonyl (C=O) groups is 1. The molecule has 2 rings (SSSR count). The van der Waals surface area contributed by atoms with Gasteiger partial charge in [-0.2, -0.15) is 11.1 Å². The molecule has 14 heavy (non-hydrogen) atoms. The van der Waals surface area contributed by atoms with E-state index in [2.05, 4.69) is 21.9 Å². The lowest BCUT2D eigenvalue weighted by Crippen LogP contribution is -2.41. The Bertz CT molecular complexity index is 334. The summed E-state index contributed by atoms with van der Waals surface area (Å²) in [4.78, 5) is 11.7. The van der Waals surface area contributed by atoms with Gasteiger partial charge in [-0.05, 0) is 24.3 Å². The molecular formula is C8H9ClN4O. The van der Waals surface area contributed by atoms with Crippen LogP contribution in [-0.2, 0) is 0 Å². The van der Waals surface area contributed by atoms with Crippen LogP contribution in [0.4, 0.5) is 0 Å². The number of hydrazine groups is 3. The van der Waals surface area contributed by atoms with E-state index in [0.717, 1.165) is 0 Å². The van der Waals surface area contributed by atoms with Crippen LogP contribution in [0.1, 0.15) is 10.4 Å². The van der Waals surface area contributed by atoms with Gasteiger partial charge in [-0.1, -0.05) is 11.6 Å². The van der Waals surface area contributed by atoms with Crippen molar-refractivity contribution < 1.29 is 4.79 Å². The number of nitrogens with one attached hydrogen (secondary N) is 4. The fourth-order valence-corrected chi connectivity index (χ4v) is 1.29. The first-order chi connectivity index (χ1) is 6.77. The molecule has 0 aliphatic carbocycles. The Balaban J connectivity index is 2.14. The van der Waals surface area contributed by atoms with Crippen LogP contribution < -0.4 is 21.9 Å². The predicted octanol–water partition coefficient (Wildman–Crippen LogP) is -0.0342. The number of rotatable bonds is 2. The largest absolute Gasteiger partial charge is 0.291 e. The summed E-state index contributed by atoms with van der Waals surface area (Å²) < 4.78 is 0. The number of hydrogen-bond donors (Lipinski definition) is 4. The van der Waals surface area contributed by atoms with Crippen LogP contribution in [0, 0.1) is 0 Å². The van der Waals surface area contributed by atoms with Gasteiger partial charge in [-0.25, -0.2) is 10.9 Å². The molecule has 6 heteroatoms. The quantitative estimate of drug-likeness (QED) is 0.519. The number of carbonyl (C=O) groups excluding carboxylic acids is 1. The van der Waals surface area contributed by atoms with Gasteiger partial charge < -0.3 is 0 Å². The smallest absolute Gasteiger partial charge is 0.196 e. The van der Waals surface area contributed by atoms with Gasteiger partial charge in [-0.3, -0.25) is 4.79 Å². The van der Waals surface area contributed by atoms with E-state index in [-0.39, 0.29) is 5.78 Å². The van der Waals surface area contributed by atoms with E-state index in [4.69, 9.17) is 11.6 Å². The van der Waals surface area contributed by atoms with Crippen LogP contribution in [0.15, 0.2) is 24.3 Å². The monoisotopic (exact) mass is 212 g/mol. The molecule has 0 atom stereocenters. The van der Waals surface area contributed by atoms with Crippen molar-refractivity contribution in [1.82, 2.24) is 21.9 Å². The van der Waals surface area contributed by atoms with E-state index < -0.39 is 6.17 Å². The van der Waals surface area contributed by atoms with Gasteiger partial charge in [0.05, 0.1) is 0 Å². The Morgan fingerprint density at radius 2 is 1.71 bits per heavy atom. The maximum absolute atomic E-state index is 11.7. The molecule has 1 aliphatic rings. The fraction of sp³-hybridized carbons (Fsp3) is 0.125. The maximum atomic E-state index is 11.7. The van der Waals surface area contributed by atoms with Crippen molar-refractivity contribution in [2.45, 2.75) is 6.17 Å². The van der Waals surface area contributed by atoms with Crippen molar-refractivity contribution >= 4 is 17.4 Å². The van der Waals surface area contributed by atoms with Crippen molar-refractivity contribution in [2.75, 3.05) is 0 Å². The van der Waals surface area contributed by atoms with E-state index >= 15 is 0 Å². The molecule has 1 aliphatic heterocycles. The molecule has 5 nitrogen and oxygen atoms in total. The minimum Gasteiger partial charge on any atom is -0.291 e. The van der Waals surface area contributed by atoms with Crippen molar-refractivity contribution in [2.24, 2.45) is 0 Å². The molecule has 0 bridgehead atoms. The first kappa shape index (κ1) is 9.57. The van der Waals surface area contributed by atoms with E-state index in [0.29, 0.717) is 10.6 Å². The average Bonchev–Trinajstić information content (AvgIpc) is 2.71. The Hall–Kier alpha value is -0.980. The SMILES string of the molecule is O=C(c1ccc(Cl)cc1)C1NNNN1. The summed E-state index contributed by atoms with van der Waals surface area (Å²) in [5.74, 6) is -0.0563. The number of benzene rings is 1. The van der Waals surface area contributed by atoms with Gasteiger partial charge in [0, 0.05) is 10.6 Å². The molecule has 0 amide bonds. The lowest BCUT2D eigenvalue weighted by atomic mass is 10.1. The van der Waals surface area contributed by atoms with Gasteiger partial charge in [0.15, 0.2) is 5.78 Å². The Kier molecular flexibility index (Phi) is 2.76. The third-order valence-corrected chi connectivity index (χ3v) is 2.14. The molecule has 4 N–H and O–H groups in total. The highest BCUT2D eigenvalue weighted by molar-refractivity contribution is 6.30. The Morgan fingerprint density at radius 1 is 1.14 bits per heavy atom. The van der Waals surface area contributed by atoms with Crippen LogP contribution in [0.25, 0.3) is 0 Å². The summed E-state index contributed by atoms with van der Waals surface area (Å²) in [5, 5.41) is 0.616. The van der Waals surface area contributed by atoms with Crippen LogP contribution in [0.5, 0.6) is 0 Å². The summed E-state index contributed by atoms with van der Waals surface area (Å²) in [6, 6.07) is 6.74. The molecular weight excluding hydrogens is 204 g/mol. The molecule has 1 aromatic rings. The third-order valence-electron chi connectivity index (χ3n) is 1.89. The lowest BCUT2D eigenvalue weighted by molar-refractivity contribution is 0.0938. The number of hydrogen-bond acceptors (Lipinski definition) is 5. The molecule has 1 saturated heterocycles. The highest BCUT2D eigenvalue weighted by atomic mass is 35.5. The van der Waals surface area contributed by atoms with Gasteiger partial charge in [0.25, 0.3) is 0 Å². The number of ketones is 1. The molecule has 0 aromatic heterocycles. The van der Waals surface area contributed by atoms with Crippen LogP contribution in [0.3, 0.4) is 0 Å². The van der Waals surface area contributed by atoms with E-state index in [1.807, 2.05) is 0 Å². The summed E-state index contributed by atoms with van der Waals surface area (Å²) in [5.41, 5.74) is 11.2. The molecule has 0 radical (unpaired) electrons. The molecule has 1 heterocycles. The van der Waals surface area contributed by atoms with Crippen molar-refractivity contribution in [3.63, 3.8) is 0 Å². The normalized spacial score (nSPS) is 17.2. The second-order valence-corrected chi connectivity index (χ2v) is 3.28. The third kappa shape index (κ3) is 1.92. The van der Waals surface area contributed by atoms with Crippen molar-refractivity contribution in [3.8, 4) is 0 Å². The van der Waals surface area contributed by atoms with Crippen LogP contribution >= 0.6 is 11.6 Å². The van der Waals surface area contributed by atoms with Crippen molar-refractivity contribution in [1.29, 1.82) is 0 Å². The molecule has 0 saturated carbocycles. The molecule has 74 valence electrons. The summed E-state index contributed by atoms with van der Waals surface area (Å²) in [6.07, 6.45) is -0.462.